The summed E-state index contributed by atoms with van der Waals surface area (Å²) in [5.41, 5.74) is -0.643. The summed E-state index contributed by atoms with van der Waals surface area (Å²) < 4.78 is 55.8. The lowest BCUT2D eigenvalue weighted by Gasteiger charge is -2.20. The molecule has 5 aromatic carbocycles. The van der Waals surface area contributed by atoms with Gasteiger partial charge in [0.25, 0.3) is 11.8 Å². The Morgan fingerprint density at radius 3 is 2.12 bits per heavy atom. The molecule has 3 amide bonds. The molecule has 3 N–H and O–H groups in total. The summed E-state index contributed by atoms with van der Waals surface area (Å²) in [6, 6.07) is 31.9. The second kappa shape index (κ2) is 15.7. The van der Waals surface area contributed by atoms with Gasteiger partial charge in [-0.05, 0) is 66.2 Å². The van der Waals surface area contributed by atoms with Gasteiger partial charge in [-0.1, -0.05) is 84.4 Å². The van der Waals surface area contributed by atoms with E-state index in [2.05, 4.69) is 16.0 Å². The molecule has 6 nitrogen and oxygen atoms in total. The topological polar surface area (TPSA) is 87.3 Å². The number of hydrogen-bond donors (Lipinski definition) is 3. The molecular weight excluding hydrogens is 678 g/mol. The fourth-order valence-electron chi connectivity index (χ4n) is 4.63. The summed E-state index contributed by atoms with van der Waals surface area (Å²) in [7, 11) is 0. The Labute approximate surface area is 288 Å². The Balaban J connectivity index is 1.40. The van der Waals surface area contributed by atoms with Crippen LogP contribution >= 0.6 is 23.4 Å². The summed E-state index contributed by atoms with van der Waals surface area (Å²) in [4.78, 5) is 40.5. The second-order valence-electron chi connectivity index (χ2n) is 10.5. The lowest BCUT2D eigenvalue weighted by molar-refractivity contribution is -0.137. The molecule has 0 aliphatic rings. The molecular formula is C37H26ClF4N3O3S. The van der Waals surface area contributed by atoms with Crippen molar-refractivity contribution in [2.45, 2.75) is 16.3 Å². The summed E-state index contributed by atoms with van der Waals surface area (Å²) >= 11 is 6.85. The number of amides is 3. The van der Waals surface area contributed by atoms with Crippen LogP contribution in [0.5, 0.6) is 0 Å². The minimum Gasteiger partial charge on any atom is -0.324 e. The van der Waals surface area contributed by atoms with Crippen LogP contribution in [0.2, 0.25) is 5.02 Å². The standard InChI is InChI=1S/C37H26ClF4N3O3S/c38-26-18-19-31(29(21-26)37(40,41)42)44-36(48)33(23-10-3-1-4-11-23)49-28-16-9-15-27(22-28)43-35(47)32(20-25-14-7-8-17-30(25)39)45-34(46)24-12-5-2-6-13-24/h1-22,33H,(H,43,47)(H,44,48)(H,45,46)/b32-20-. The van der Waals surface area contributed by atoms with Crippen molar-refractivity contribution in [3.63, 3.8) is 0 Å². The van der Waals surface area contributed by atoms with Crippen LogP contribution in [0.1, 0.15) is 32.3 Å². The molecule has 5 aromatic rings. The number of benzene rings is 5. The average molecular weight is 704 g/mol. The summed E-state index contributed by atoms with van der Waals surface area (Å²) in [5.74, 6) is -2.67. The van der Waals surface area contributed by atoms with Crippen LogP contribution in [0, 0.1) is 5.82 Å². The highest BCUT2D eigenvalue weighted by Gasteiger charge is 2.35. The van der Waals surface area contributed by atoms with Crippen LogP contribution in [-0.4, -0.2) is 17.7 Å². The van der Waals surface area contributed by atoms with Crippen molar-refractivity contribution in [1.82, 2.24) is 5.32 Å². The number of halogens is 5. The molecule has 49 heavy (non-hydrogen) atoms. The molecule has 0 aliphatic carbocycles. The molecule has 0 fully saturated rings. The number of thioether (sulfide) groups is 1. The fourth-order valence-corrected chi connectivity index (χ4v) is 5.89. The Hall–Kier alpha value is -5.39. The van der Waals surface area contributed by atoms with Gasteiger partial charge in [-0.2, -0.15) is 13.2 Å². The van der Waals surface area contributed by atoms with E-state index in [0.717, 1.165) is 23.9 Å². The Bertz CT molecular complexity index is 2010. The number of carbonyl (C=O) groups excluding carboxylic acids is 3. The predicted molar refractivity (Wildman–Crippen MR) is 183 cm³/mol. The Kier molecular flexibility index (Phi) is 11.2. The minimum absolute atomic E-state index is 0.0661. The van der Waals surface area contributed by atoms with Crippen LogP contribution in [0.3, 0.4) is 0 Å². The van der Waals surface area contributed by atoms with E-state index in [4.69, 9.17) is 11.6 Å². The minimum atomic E-state index is -4.77. The molecule has 1 atom stereocenters. The van der Waals surface area contributed by atoms with Gasteiger partial charge in [0.15, 0.2) is 0 Å². The van der Waals surface area contributed by atoms with Crippen molar-refractivity contribution in [3.05, 3.63) is 166 Å². The number of rotatable bonds is 10. The molecule has 12 heteroatoms. The first kappa shape index (κ1) is 34.9. The highest BCUT2D eigenvalue weighted by atomic mass is 35.5. The first-order valence-corrected chi connectivity index (χ1v) is 15.9. The number of alkyl halides is 3. The fraction of sp³-hybridized carbons (Fsp3) is 0.0541. The van der Waals surface area contributed by atoms with Crippen LogP contribution in [0.25, 0.3) is 6.08 Å². The van der Waals surface area contributed by atoms with Gasteiger partial charge in [-0.25, -0.2) is 4.39 Å². The third-order valence-electron chi connectivity index (χ3n) is 6.97. The van der Waals surface area contributed by atoms with Crippen molar-refractivity contribution in [3.8, 4) is 0 Å². The van der Waals surface area contributed by atoms with E-state index in [-0.39, 0.29) is 27.5 Å². The molecule has 1 unspecified atom stereocenters. The summed E-state index contributed by atoms with van der Waals surface area (Å²) in [6.07, 6.45) is -3.55. The molecule has 5 rings (SSSR count). The van der Waals surface area contributed by atoms with E-state index in [1.165, 1.54) is 30.3 Å². The quantitative estimate of drug-likeness (QED) is 0.0769. The molecule has 0 saturated heterocycles. The molecule has 0 bridgehead atoms. The molecule has 0 aromatic heterocycles. The smallest absolute Gasteiger partial charge is 0.324 e. The monoisotopic (exact) mass is 703 g/mol. The largest absolute Gasteiger partial charge is 0.418 e. The van der Waals surface area contributed by atoms with E-state index < -0.39 is 46.2 Å². The maximum absolute atomic E-state index is 14.5. The van der Waals surface area contributed by atoms with Crippen molar-refractivity contribution >= 4 is 58.5 Å². The van der Waals surface area contributed by atoms with E-state index >= 15 is 0 Å². The zero-order valence-corrected chi connectivity index (χ0v) is 26.9. The maximum Gasteiger partial charge on any atom is 0.418 e. The van der Waals surface area contributed by atoms with Gasteiger partial charge in [0, 0.05) is 26.7 Å². The SMILES string of the molecule is O=C(Nc1cccc(SC(C(=O)Nc2ccc(Cl)cc2C(F)(F)F)c2ccccc2)c1)/C(=C/c1ccccc1F)NC(=O)c1ccccc1. The molecule has 0 aliphatic heterocycles. The van der Waals surface area contributed by atoms with E-state index in [1.807, 2.05) is 0 Å². The van der Waals surface area contributed by atoms with Crippen LogP contribution in [0.4, 0.5) is 28.9 Å². The zero-order chi connectivity index (χ0) is 35.0. The number of anilines is 2. The number of nitrogens with one attached hydrogen (secondary N) is 3. The van der Waals surface area contributed by atoms with Crippen molar-refractivity contribution in [2.24, 2.45) is 0 Å². The van der Waals surface area contributed by atoms with Crippen LogP contribution in [-0.2, 0) is 15.8 Å². The maximum atomic E-state index is 14.5. The van der Waals surface area contributed by atoms with Gasteiger partial charge < -0.3 is 16.0 Å². The summed E-state index contributed by atoms with van der Waals surface area (Å²) in [6.45, 7) is 0. The molecule has 0 heterocycles. The van der Waals surface area contributed by atoms with E-state index in [1.54, 1.807) is 91.0 Å². The first-order valence-electron chi connectivity index (χ1n) is 14.6. The molecule has 0 spiro atoms. The van der Waals surface area contributed by atoms with Crippen molar-refractivity contribution < 1.29 is 31.9 Å². The average Bonchev–Trinajstić information content (AvgIpc) is 3.09. The lowest BCUT2D eigenvalue weighted by Crippen LogP contribution is -2.30. The van der Waals surface area contributed by atoms with E-state index in [9.17, 15) is 31.9 Å². The highest BCUT2D eigenvalue weighted by Crippen LogP contribution is 2.40. The molecule has 0 saturated carbocycles. The Morgan fingerprint density at radius 1 is 0.755 bits per heavy atom. The zero-order valence-electron chi connectivity index (χ0n) is 25.3. The van der Waals surface area contributed by atoms with Crippen molar-refractivity contribution in [1.29, 1.82) is 0 Å². The first-order chi connectivity index (χ1) is 23.5. The molecule has 248 valence electrons. The van der Waals surface area contributed by atoms with Crippen LogP contribution in [0.15, 0.2) is 138 Å². The predicted octanol–water partition coefficient (Wildman–Crippen LogP) is 9.38. The third-order valence-corrected chi connectivity index (χ3v) is 8.45. The number of carbonyl (C=O) groups is 3. The van der Waals surface area contributed by atoms with Gasteiger partial charge in [-0.15, -0.1) is 11.8 Å². The Morgan fingerprint density at radius 2 is 1.43 bits per heavy atom. The van der Waals surface area contributed by atoms with Gasteiger partial charge in [-0.3, -0.25) is 14.4 Å². The van der Waals surface area contributed by atoms with Gasteiger partial charge in [0.1, 0.15) is 16.8 Å². The third kappa shape index (κ3) is 9.37. The van der Waals surface area contributed by atoms with Gasteiger partial charge in [0.05, 0.1) is 11.3 Å². The van der Waals surface area contributed by atoms with Gasteiger partial charge >= 0.3 is 6.18 Å². The lowest BCUT2D eigenvalue weighted by atomic mass is 10.1. The second-order valence-corrected chi connectivity index (χ2v) is 12.1. The normalized spacial score (nSPS) is 12.1. The summed E-state index contributed by atoms with van der Waals surface area (Å²) in [5, 5.41) is 6.50. The van der Waals surface area contributed by atoms with Crippen molar-refractivity contribution in [2.75, 3.05) is 10.6 Å². The van der Waals surface area contributed by atoms with Crippen LogP contribution < -0.4 is 16.0 Å². The highest BCUT2D eigenvalue weighted by molar-refractivity contribution is 8.00. The van der Waals surface area contributed by atoms with E-state index in [0.29, 0.717) is 10.5 Å². The van der Waals surface area contributed by atoms with Gasteiger partial charge in [0.2, 0.25) is 5.91 Å². The molecule has 0 radical (unpaired) electrons. The number of hydrogen-bond acceptors (Lipinski definition) is 4.